The molecule has 0 saturated carbocycles. The van der Waals surface area contributed by atoms with Crippen LogP contribution in [0.5, 0.6) is 0 Å². The van der Waals surface area contributed by atoms with Gasteiger partial charge >= 0.3 is 0 Å². The van der Waals surface area contributed by atoms with E-state index in [2.05, 4.69) is 17.0 Å². The average Bonchev–Trinajstić information content (AvgIpc) is 2.96. The summed E-state index contributed by atoms with van der Waals surface area (Å²) in [5, 5.41) is 4.40. The topological polar surface area (TPSA) is 101 Å². The summed E-state index contributed by atoms with van der Waals surface area (Å²) in [4.78, 5) is 11.7. The molecule has 20 heavy (non-hydrogen) atoms. The van der Waals surface area contributed by atoms with Gasteiger partial charge in [0, 0.05) is 12.6 Å². The molecule has 0 radical (unpaired) electrons. The van der Waals surface area contributed by atoms with Crippen LogP contribution in [0, 0.1) is 0 Å². The largest absolute Gasteiger partial charge is 0.351 e. The second kappa shape index (κ2) is 8.35. The number of hydrogen-bond donors (Lipinski definition) is 3. The summed E-state index contributed by atoms with van der Waals surface area (Å²) in [6, 6.07) is 3.04. The van der Waals surface area contributed by atoms with Crippen LogP contribution in [0.25, 0.3) is 0 Å². The molecule has 1 aromatic heterocycles. The van der Waals surface area contributed by atoms with Gasteiger partial charge in [-0.2, -0.15) is 0 Å². The van der Waals surface area contributed by atoms with Crippen LogP contribution in [-0.4, -0.2) is 33.5 Å². The minimum atomic E-state index is -3.60. The van der Waals surface area contributed by atoms with E-state index in [9.17, 15) is 13.2 Å². The van der Waals surface area contributed by atoms with Gasteiger partial charge in [0.1, 0.15) is 4.21 Å². The molecule has 0 spiro atoms. The molecule has 8 heteroatoms. The highest BCUT2D eigenvalue weighted by Crippen LogP contribution is 2.14. The Bertz CT molecular complexity index is 500. The van der Waals surface area contributed by atoms with Gasteiger partial charge in [0.2, 0.25) is 5.91 Å². The predicted molar refractivity (Wildman–Crippen MR) is 80.0 cm³/mol. The highest BCUT2D eigenvalue weighted by Gasteiger charge is 2.17. The molecule has 0 aliphatic carbocycles. The van der Waals surface area contributed by atoms with Crippen molar-refractivity contribution in [2.45, 2.75) is 36.4 Å². The van der Waals surface area contributed by atoms with Gasteiger partial charge in [0.05, 0.1) is 6.54 Å². The van der Waals surface area contributed by atoms with Gasteiger partial charge < -0.3 is 11.1 Å². The summed E-state index contributed by atoms with van der Waals surface area (Å²) in [6.07, 6.45) is 2.80. The van der Waals surface area contributed by atoms with E-state index in [1.807, 2.05) is 0 Å². The molecule has 1 rings (SSSR count). The number of amides is 1. The first-order chi connectivity index (χ1) is 9.49. The third kappa shape index (κ3) is 5.58. The SMILES string of the molecule is CCCCC(CN)NC(=O)CNS(=O)(=O)c1cccs1. The van der Waals surface area contributed by atoms with Crippen LogP contribution in [0.15, 0.2) is 21.7 Å². The second-order valence-electron chi connectivity index (χ2n) is 4.40. The lowest BCUT2D eigenvalue weighted by Crippen LogP contribution is -2.44. The van der Waals surface area contributed by atoms with Crippen LogP contribution in [-0.2, 0) is 14.8 Å². The zero-order valence-corrected chi connectivity index (χ0v) is 13.1. The molecular weight excluding hydrogens is 298 g/mol. The number of nitrogens with two attached hydrogens (primary N) is 1. The number of carbonyl (C=O) groups excluding carboxylic acids is 1. The lowest BCUT2D eigenvalue weighted by Gasteiger charge is -2.16. The number of unbranched alkanes of at least 4 members (excludes halogenated alkanes) is 1. The molecule has 1 amide bonds. The van der Waals surface area contributed by atoms with Crippen molar-refractivity contribution in [1.82, 2.24) is 10.0 Å². The average molecular weight is 319 g/mol. The van der Waals surface area contributed by atoms with Crippen molar-refractivity contribution < 1.29 is 13.2 Å². The van der Waals surface area contributed by atoms with Gasteiger partial charge in [0.25, 0.3) is 10.0 Å². The van der Waals surface area contributed by atoms with Crippen molar-refractivity contribution in [3.05, 3.63) is 17.5 Å². The molecule has 1 unspecified atom stereocenters. The number of sulfonamides is 1. The van der Waals surface area contributed by atoms with Gasteiger partial charge in [-0.15, -0.1) is 11.3 Å². The van der Waals surface area contributed by atoms with E-state index in [4.69, 9.17) is 5.73 Å². The first kappa shape index (κ1) is 17.1. The molecule has 0 fully saturated rings. The molecule has 0 saturated heterocycles. The van der Waals surface area contributed by atoms with E-state index in [1.54, 1.807) is 11.4 Å². The molecule has 1 heterocycles. The van der Waals surface area contributed by atoms with Crippen molar-refractivity contribution in [1.29, 1.82) is 0 Å². The zero-order valence-electron chi connectivity index (χ0n) is 11.5. The number of thiophene rings is 1. The Kier molecular flexibility index (Phi) is 7.14. The van der Waals surface area contributed by atoms with Crippen molar-refractivity contribution in [2.24, 2.45) is 5.73 Å². The number of hydrogen-bond acceptors (Lipinski definition) is 5. The van der Waals surface area contributed by atoms with Crippen molar-refractivity contribution in [3.63, 3.8) is 0 Å². The quantitative estimate of drug-likeness (QED) is 0.622. The Balaban J connectivity index is 2.43. The normalized spacial score (nSPS) is 13.1. The number of carbonyl (C=O) groups is 1. The summed E-state index contributed by atoms with van der Waals surface area (Å²) in [7, 11) is -3.60. The van der Waals surface area contributed by atoms with Crippen LogP contribution in [0.1, 0.15) is 26.2 Å². The van der Waals surface area contributed by atoms with Crippen molar-refractivity contribution in [2.75, 3.05) is 13.1 Å². The third-order valence-electron chi connectivity index (χ3n) is 2.74. The molecule has 1 atom stereocenters. The Morgan fingerprint density at radius 2 is 2.25 bits per heavy atom. The van der Waals surface area contributed by atoms with Crippen molar-refractivity contribution >= 4 is 27.3 Å². The van der Waals surface area contributed by atoms with Crippen LogP contribution in [0.3, 0.4) is 0 Å². The van der Waals surface area contributed by atoms with E-state index >= 15 is 0 Å². The van der Waals surface area contributed by atoms with Crippen LogP contribution >= 0.6 is 11.3 Å². The molecule has 0 aliphatic heterocycles. The van der Waals surface area contributed by atoms with Crippen molar-refractivity contribution in [3.8, 4) is 0 Å². The molecule has 4 N–H and O–H groups in total. The minimum Gasteiger partial charge on any atom is -0.351 e. The van der Waals surface area contributed by atoms with Gasteiger partial charge in [0.15, 0.2) is 0 Å². The van der Waals surface area contributed by atoms with Gasteiger partial charge in [-0.3, -0.25) is 4.79 Å². The molecule has 0 bridgehead atoms. The maximum absolute atomic E-state index is 11.8. The molecule has 6 nitrogen and oxygen atoms in total. The number of nitrogens with one attached hydrogen (secondary N) is 2. The lowest BCUT2D eigenvalue weighted by molar-refractivity contribution is -0.120. The van der Waals surface area contributed by atoms with E-state index in [0.717, 1.165) is 30.6 Å². The monoisotopic (exact) mass is 319 g/mol. The standard InChI is InChI=1S/C12H21N3O3S2/c1-2-3-5-10(8-13)15-11(16)9-14-20(17,18)12-6-4-7-19-12/h4,6-7,10,14H,2-3,5,8-9,13H2,1H3,(H,15,16). The highest BCUT2D eigenvalue weighted by atomic mass is 32.2. The first-order valence-corrected chi connectivity index (χ1v) is 8.88. The van der Waals surface area contributed by atoms with E-state index in [1.165, 1.54) is 6.07 Å². The third-order valence-corrected chi connectivity index (χ3v) is 5.54. The summed E-state index contributed by atoms with van der Waals surface area (Å²) in [5.74, 6) is -0.364. The van der Waals surface area contributed by atoms with Crippen LogP contribution in [0.4, 0.5) is 0 Å². The first-order valence-electron chi connectivity index (χ1n) is 6.52. The van der Waals surface area contributed by atoms with Crippen LogP contribution < -0.4 is 15.8 Å². The zero-order chi connectivity index (χ0) is 15.0. The van der Waals surface area contributed by atoms with E-state index in [-0.39, 0.29) is 22.7 Å². The van der Waals surface area contributed by atoms with E-state index < -0.39 is 10.0 Å². The Labute approximate surface area is 123 Å². The Morgan fingerprint density at radius 3 is 2.80 bits per heavy atom. The minimum absolute atomic E-state index is 0.103. The Hall–Kier alpha value is -0.960. The van der Waals surface area contributed by atoms with Gasteiger partial charge in [-0.1, -0.05) is 25.8 Å². The number of rotatable bonds is 9. The van der Waals surface area contributed by atoms with Gasteiger partial charge in [-0.05, 0) is 17.9 Å². The summed E-state index contributed by atoms with van der Waals surface area (Å²) in [6.45, 7) is 2.14. The fourth-order valence-electron chi connectivity index (χ4n) is 1.63. The molecule has 114 valence electrons. The summed E-state index contributed by atoms with van der Waals surface area (Å²) < 4.78 is 26.1. The molecule has 0 aliphatic rings. The fraction of sp³-hybridized carbons (Fsp3) is 0.583. The maximum Gasteiger partial charge on any atom is 0.250 e. The Morgan fingerprint density at radius 1 is 1.50 bits per heavy atom. The maximum atomic E-state index is 11.8. The highest BCUT2D eigenvalue weighted by molar-refractivity contribution is 7.91. The molecule has 0 aromatic carbocycles. The summed E-state index contributed by atoms with van der Waals surface area (Å²) >= 11 is 1.11. The smallest absolute Gasteiger partial charge is 0.250 e. The molecule has 1 aromatic rings. The van der Waals surface area contributed by atoms with Crippen LogP contribution in [0.2, 0.25) is 0 Å². The fourth-order valence-corrected chi connectivity index (χ4v) is 3.65. The van der Waals surface area contributed by atoms with Gasteiger partial charge in [-0.25, -0.2) is 13.1 Å². The lowest BCUT2D eigenvalue weighted by atomic mass is 10.1. The summed E-state index contributed by atoms with van der Waals surface area (Å²) in [5.41, 5.74) is 5.57. The predicted octanol–water partition coefficient (Wildman–Crippen LogP) is 0.660. The molecular formula is C12H21N3O3S2. The second-order valence-corrected chi connectivity index (χ2v) is 7.34. The van der Waals surface area contributed by atoms with E-state index in [0.29, 0.717) is 6.54 Å².